The van der Waals surface area contributed by atoms with E-state index in [9.17, 15) is 22.4 Å². The maximum absolute atomic E-state index is 14.6. The molecule has 1 unspecified atom stereocenters. The Hall–Kier alpha value is -3.56. The molecule has 37 heavy (non-hydrogen) atoms. The van der Waals surface area contributed by atoms with Crippen molar-refractivity contribution in [2.24, 2.45) is 0 Å². The molecule has 2 aliphatic heterocycles. The molecule has 2 atom stereocenters. The van der Waals surface area contributed by atoms with Gasteiger partial charge >= 0.3 is 6.03 Å². The van der Waals surface area contributed by atoms with E-state index in [2.05, 4.69) is 22.3 Å². The first-order chi connectivity index (χ1) is 17.6. The number of benzene rings is 3. The van der Waals surface area contributed by atoms with Crippen molar-refractivity contribution in [3.8, 4) is 11.1 Å². The minimum Gasteiger partial charge on any atom is -0.296 e. The van der Waals surface area contributed by atoms with E-state index in [4.69, 9.17) is 0 Å². The molecule has 0 bridgehead atoms. The highest BCUT2D eigenvalue weighted by atomic mass is 32.2. The van der Waals surface area contributed by atoms with Crippen molar-refractivity contribution in [3.63, 3.8) is 0 Å². The first-order valence-electron chi connectivity index (χ1n) is 12.1. The first-order valence-corrected chi connectivity index (χ1v) is 14.0. The van der Waals surface area contributed by atoms with Gasteiger partial charge in [0.2, 0.25) is 0 Å². The van der Waals surface area contributed by atoms with Gasteiger partial charge in [-0.1, -0.05) is 42.5 Å². The molecule has 3 amide bonds. The summed E-state index contributed by atoms with van der Waals surface area (Å²) in [6.45, 7) is 3.35. The van der Waals surface area contributed by atoms with E-state index in [-0.39, 0.29) is 22.5 Å². The molecule has 0 saturated carbocycles. The van der Waals surface area contributed by atoms with Crippen LogP contribution in [0.1, 0.15) is 25.3 Å². The van der Waals surface area contributed by atoms with Crippen LogP contribution >= 0.6 is 0 Å². The molecule has 0 radical (unpaired) electrons. The van der Waals surface area contributed by atoms with E-state index in [1.807, 2.05) is 25.1 Å². The fourth-order valence-corrected chi connectivity index (χ4v) is 6.08. The Balaban J connectivity index is 1.51. The molecule has 2 heterocycles. The SMILES string of the molecule is C[C@@H]1CC2(CCN1Cc1ccccc1)C(=O)NC(=O)N2c1cc(F)ccc1-c1ccc(S(C)(=O)=O)cc1. The molecule has 5 rings (SSSR count). The summed E-state index contributed by atoms with van der Waals surface area (Å²) in [7, 11) is -3.39. The Kier molecular flexibility index (Phi) is 6.37. The summed E-state index contributed by atoms with van der Waals surface area (Å²) in [5.74, 6) is -0.922. The Morgan fingerprint density at radius 2 is 1.73 bits per heavy atom. The Labute approximate surface area is 215 Å². The van der Waals surface area contributed by atoms with Crippen molar-refractivity contribution in [2.45, 2.75) is 42.8 Å². The minimum atomic E-state index is -3.39. The van der Waals surface area contributed by atoms with E-state index in [1.165, 1.54) is 34.7 Å². The van der Waals surface area contributed by atoms with E-state index in [1.54, 1.807) is 18.2 Å². The number of nitrogens with zero attached hydrogens (tertiary/aromatic N) is 2. The number of sulfone groups is 1. The molecule has 0 aliphatic carbocycles. The zero-order chi connectivity index (χ0) is 26.4. The lowest BCUT2D eigenvalue weighted by Crippen LogP contribution is -2.59. The van der Waals surface area contributed by atoms with Gasteiger partial charge in [0.1, 0.15) is 11.4 Å². The molecule has 9 heteroatoms. The number of hydrogen-bond acceptors (Lipinski definition) is 5. The van der Waals surface area contributed by atoms with Crippen LogP contribution in [0.2, 0.25) is 0 Å². The number of carbonyl (C=O) groups is 2. The van der Waals surface area contributed by atoms with Crippen LogP contribution < -0.4 is 10.2 Å². The van der Waals surface area contributed by atoms with Crippen molar-refractivity contribution in [2.75, 3.05) is 17.7 Å². The summed E-state index contributed by atoms with van der Waals surface area (Å²) in [5, 5.41) is 2.47. The fraction of sp³-hybridized carbons (Fsp3) is 0.286. The average molecular weight is 522 g/mol. The van der Waals surface area contributed by atoms with E-state index < -0.39 is 27.2 Å². The number of urea groups is 1. The van der Waals surface area contributed by atoms with Gasteiger partial charge in [-0.25, -0.2) is 17.6 Å². The number of likely N-dealkylation sites (tertiary alicyclic amines) is 1. The van der Waals surface area contributed by atoms with Crippen LogP contribution in [0.25, 0.3) is 11.1 Å². The van der Waals surface area contributed by atoms with Crippen molar-refractivity contribution in [1.29, 1.82) is 0 Å². The van der Waals surface area contributed by atoms with Crippen LogP contribution in [-0.2, 0) is 21.2 Å². The summed E-state index contributed by atoms with van der Waals surface area (Å²) < 4.78 is 38.4. The molecule has 192 valence electrons. The second-order valence-corrected chi connectivity index (χ2v) is 11.9. The number of amides is 3. The number of nitrogens with one attached hydrogen (secondary N) is 1. The largest absolute Gasteiger partial charge is 0.329 e. The number of imide groups is 1. The predicted molar refractivity (Wildman–Crippen MR) is 139 cm³/mol. The third kappa shape index (κ3) is 4.65. The summed E-state index contributed by atoms with van der Waals surface area (Å²) >= 11 is 0. The summed E-state index contributed by atoms with van der Waals surface area (Å²) in [5.41, 5.74) is 1.43. The Morgan fingerprint density at radius 1 is 1.03 bits per heavy atom. The maximum atomic E-state index is 14.6. The van der Waals surface area contributed by atoms with Crippen LogP contribution in [-0.4, -0.2) is 49.6 Å². The third-order valence-corrected chi connectivity index (χ3v) is 8.49. The molecule has 2 saturated heterocycles. The standard InChI is InChI=1S/C28H28FN3O4S/c1-19-17-28(14-15-31(19)18-20-6-4-3-5-7-20)26(33)30-27(34)32(28)25-16-22(29)10-13-24(25)21-8-11-23(12-9-21)37(2,35)36/h3-13,16,19H,14-15,17-18H2,1-2H3,(H,30,33,34)/t19-,28?/m1/s1. The van der Waals surface area contributed by atoms with Gasteiger partial charge in [0, 0.05) is 31.0 Å². The zero-order valence-corrected chi connectivity index (χ0v) is 21.5. The maximum Gasteiger partial charge on any atom is 0.329 e. The van der Waals surface area contributed by atoms with Crippen LogP contribution in [0.5, 0.6) is 0 Å². The molecule has 3 aromatic rings. The summed E-state index contributed by atoms with van der Waals surface area (Å²) in [6.07, 6.45) is 1.91. The van der Waals surface area contributed by atoms with Gasteiger partial charge in [0.25, 0.3) is 5.91 Å². The number of hydrogen-bond donors (Lipinski definition) is 1. The monoisotopic (exact) mass is 521 g/mol. The smallest absolute Gasteiger partial charge is 0.296 e. The molecular formula is C28H28FN3O4S. The topological polar surface area (TPSA) is 86.8 Å². The highest BCUT2D eigenvalue weighted by molar-refractivity contribution is 7.90. The summed E-state index contributed by atoms with van der Waals surface area (Å²) in [6, 6.07) is 19.8. The molecule has 0 aromatic heterocycles. The number of anilines is 1. The molecular weight excluding hydrogens is 493 g/mol. The van der Waals surface area contributed by atoms with Crippen LogP contribution in [0, 0.1) is 5.82 Å². The van der Waals surface area contributed by atoms with Crippen LogP contribution in [0.4, 0.5) is 14.9 Å². The molecule has 7 nitrogen and oxygen atoms in total. The lowest BCUT2D eigenvalue weighted by atomic mass is 9.81. The lowest BCUT2D eigenvalue weighted by Gasteiger charge is -2.46. The van der Waals surface area contributed by atoms with Gasteiger partial charge < -0.3 is 0 Å². The Bertz CT molecular complexity index is 1460. The summed E-state index contributed by atoms with van der Waals surface area (Å²) in [4.78, 5) is 30.3. The fourth-order valence-electron chi connectivity index (χ4n) is 5.45. The quantitative estimate of drug-likeness (QED) is 0.504. The molecule has 2 aliphatic rings. The zero-order valence-electron chi connectivity index (χ0n) is 20.6. The van der Waals surface area contributed by atoms with E-state index in [0.717, 1.165) is 12.8 Å². The second-order valence-electron chi connectivity index (χ2n) is 9.84. The van der Waals surface area contributed by atoms with Gasteiger partial charge in [-0.3, -0.25) is 19.9 Å². The lowest BCUT2D eigenvalue weighted by molar-refractivity contribution is -0.125. The molecule has 1 N–H and O–H groups in total. The normalized spacial score (nSPS) is 22.5. The number of rotatable bonds is 5. The van der Waals surface area contributed by atoms with Gasteiger partial charge in [0.15, 0.2) is 9.84 Å². The number of carbonyl (C=O) groups excluding carboxylic acids is 2. The Morgan fingerprint density at radius 3 is 2.38 bits per heavy atom. The highest BCUT2D eigenvalue weighted by Crippen LogP contribution is 2.43. The average Bonchev–Trinajstić information content (AvgIpc) is 3.09. The van der Waals surface area contributed by atoms with Gasteiger partial charge in [-0.05, 0) is 61.2 Å². The van der Waals surface area contributed by atoms with Crippen LogP contribution in [0.3, 0.4) is 0 Å². The van der Waals surface area contributed by atoms with Gasteiger partial charge in [-0.15, -0.1) is 0 Å². The van der Waals surface area contributed by atoms with Crippen molar-refractivity contribution >= 4 is 27.5 Å². The first kappa shape index (κ1) is 25.1. The predicted octanol–water partition coefficient (Wildman–Crippen LogP) is 4.38. The van der Waals surface area contributed by atoms with Crippen molar-refractivity contribution in [3.05, 3.63) is 84.2 Å². The van der Waals surface area contributed by atoms with Gasteiger partial charge in [0.05, 0.1) is 10.6 Å². The number of piperidine rings is 1. The minimum absolute atomic E-state index is 0.0147. The van der Waals surface area contributed by atoms with Crippen molar-refractivity contribution in [1.82, 2.24) is 10.2 Å². The van der Waals surface area contributed by atoms with Crippen molar-refractivity contribution < 1.29 is 22.4 Å². The third-order valence-electron chi connectivity index (χ3n) is 7.37. The van der Waals surface area contributed by atoms with E-state index in [0.29, 0.717) is 30.5 Å². The molecule has 1 spiro atoms. The number of halogens is 1. The second kappa shape index (κ2) is 9.39. The van der Waals surface area contributed by atoms with E-state index >= 15 is 0 Å². The van der Waals surface area contributed by atoms with Crippen LogP contribution in [0.15, 0.2) is 77.7 Å². The highest BCUT2D eigenvalue weighted by Gasteiger charge is 2.56. The molecule has 3 aromatic carbocycles. The van der Waals surface area contributed by atoms with Gasteiger partial charge in [-0.2, -0.15) is 0 Å². The molecule has 2 fully saturated rings.